The molecule has 0 amide bonds. The summed E-state index contributed by atoms with van der Waals surface area (Å²) in [4.78, 5) is 8.39. The average Bonchev–Trinajstić information content (AvgIpc) is 2.25. The SMILES string of the molecule is CC(C)CCCC(NN)c1ncccn1. The second kappa shape index (κ2) is 6.48. The first kappa shape index (κ1) is 12.1. The number of rotatable bonds is 6. The van der Waals surface area contributed by atoms with E-state index in [9.17, 15) is 0 Å². The van der Waals surface area contributed by atoms with Crippen molar-refractivity contribution in [2.75, 3.05) is 0 Å². The largest absolute Gasteiger partial charge is 0.271 e. The number of hydrogen-bond acceptors (Lipinski definition) is 4. The molecular formula is C11H20N4. The van der Waals surface area contributed by atoms with Gasteiger partial charge in [-0.15, -0.1) is 0 Å². The van der Waals surface area contributed by atoms with Gasteiger partial charge in [-0.1, -0.05) is 26.7 Å². The van der Waals surface area contributed by atoms with Gasteiger partial charge in [0.05, 0.1) is 6.04 Å². The number of nitrogens with zero attached hydrogens (tertiary/aromatic N) is 2. The van der Waals surface area contributed by atoms with E-state index in [0.717, 1.165) is 24.6 Å². The van der Waals surface area contributed by atoms with Crippen molar-refractivity contribution >= 4 is 0 Å². The maximum atomic E-state index is 5.49. The van der Waals surface area contributed by atoms with Crippen LogP contribution in [0.5, 0.6) is 0 Å². The number of hydrogen-bond donors (Lipinski definition) is 2. The van der Waals surface area contributed by atoms with Crippen molar-refractivity contribution in [2.24, 2.45) is 11.8 Å². The van der Waals surface area contributed by atoms with Gasteiger partial charge < -0.3 is 0 Å². The molecule has 1 unspecified atom stereocenters. The molecule has 1 heterocycles. The van der Waals surface area contributed by atoms with Crippen LogP contribution < -0.4 is 11.3 Å². The van der Waals surface area contributed by atoms with Gasteiger partial charge in [-0.05, 0) is 18.4 Å². The third-order valence-electron chi connectivity index (χ3n) is 2.37. The Morgan fingerprint density at radius 2 is 1.93 bits per heavy atom. The summed E-state index contributed by atoms with van der Waals surface area (Å²) >= 11 is 0. The molecule has 3 N–H and O–H groups in total. The second-order valence-electron chi connectivity index (χ2n) is 4.15. The Hall–Kier alpha value is -1.00. The summed E-state index contributed by atoms with van der Waals surface area (Å²) in [6.07, 6.45) is 6.83. The van der Waals surface area contributed by atoms with Crippen LogP contribution in [0.1, 0.15) is 45.0 Å². The first-order chi connectivity index (χ1) is 7.24. The fourth-order valence-corrected chi connectivity index (χ4v) is 1.51. The maximum absolute atomic E-state index is 5.49. The molecule has 0 fully saturated rings. The molecular weight excluding hydrogens is 188 g/mol. The van der Waals surface area contributed by atoms with Crippen molar-refractivity contribution < 1.29 is 0 Å². The highest BCUT2D eigenvalue weighted by molar-refractivity contribution is 4.94. The maximum Gasteiger partial charge on any atom is 0.146 e. The Morgan fingerprint density at radius 3 is 2.47 bits per heavy atom. The molecule has 0 radical (unpaired) electrons. The van der Waals surface area contributed by atoms with Gasteiger partial charge in [0, 0.05) is 12.4 Å². The van der Waals surface area contributed by atoms with Crippen LogP contribution in [-0.2, 0) is 0 Å². The van der Waals surface area contributed by atoms with E-state index in [0.29, 0.717) is 0 Å². The zero-order valence-electron chi connectivity index (χ0n) is 9.48. The molecule has 1 atom stereocenters. The van der Waals surface area contributed by atoms with Crippen molar-refractivity contribution in [1.82, 2.24) is 15.4 Å². The first-order valence-electron chi connectivity index (χ1n) is 5.47. The molecule has 1 aromatic rings. The van der Waals surface area contributed by atoms with Gasteiger partial charge in [-0.25, -0.2) is 15.4 Å². The highest BCUT2D eigenvalue weighted by Crippen LogP contribution is 2.16. The molecule has 84 valence electrons. The molecule has 1 aromatic heterocycles. The molecule has 4 heteroatoms. The van der Waals surface area contributed by atoms with Crippen LogP contribution >= 0.6 is 0 Å². The summed E-state index contributed by atoms with van der Waals surface area (Å²) in [7, 11) is 0. The third kappa shape index (κ3) is 4.36. The van der Waals surface area contributed by atoms with Crippen LogP contribution in [0, 0.1) is 5.92 Å². The van der Waals surface area contributed by atoms with Gasteiger partial charge in [-0.2, -0.15) is 0 Å². The van der Waals surface area contributed by atoms with E-state index in [4.69, 9.17) is 5.84 Å². The van der Waals surface area contributed by atoms with Crippen molar-refractivity contribution in [1.29, 1.82) is 0 Å². The van der Waals surface area contributed by atoms with E-state index in [1.807, 2.05) is 6.07 Å². The topological polar surface area (TPSA) is 63.8 Å². The van der Waals surface area contributed by atoms with Crippen LogP contribution in [0.15, 0.2) is 18.5 Å². The van der Waals surface area contributed by atoms with E-state index in [2.05, 4.69) is 29.2 Å². The quantitative estimate of drug-likeness (QED) is 0.553. The first-order valence-corrected chi connectivity index (χ1v) is 5.47. The molecule has 0 aliphatic heterocycles. The standard InChI is InChI=1S/C11H20N4/c1-9(2)5-3-6-10(15-12)11-13-7-4-8-14-11/h4,7-10,15H,3,5-6,12H2,1-2H3. The van der Waals surface area contributed by atoms with Crippen molar-refractivity contribution in [3.63, 3.8) is 0 Å². The lowest BCUT2D eigenvalue weighted by Crippen LogP contribution is -2.29. The molecule has 0 aliphatic carbocycles. The van der Waals surface area contributed by atoms with E-state index < -0.39 is 0 Å². The summed E-state index contributed by atoms with van der Waals surface area (Å²) in [6, 6.07) is 1.88. The molecule has 0 spiro atoms. The van der Waals surface area contributed by atoms with E-state index in [1.54, 1.807) is 12.4 Å². The van der Waals surface area contributed by atoms with Gasteiger partial charge in [-0.3, -0.25) is 5.84 Å². The second-order valence-corrected chi connectivity index (χ2v) is 4.15. The number of nitrogens with one attached hydrogen (secondary N) is 1. The van der Waals surface area contributed by atoms with E-state index in [-0.39, 0.29) is 6.04 Å². The predicted octanol–water partition coefficient (Wildman–Crippen LogP) is 1.81. The molecule has 15 heavy (non-hydrogen) atoms. The minimum absolute atomic E-state index is 0.0740. The van der Waals surface area contributed by atoms with Gasteiger partial charge in [0.1, 0.15) is 5.82 Å². The molecule has 0 bridgehead atoms. The Labute approximate surface area is 91.3 Å². The van der Waals surface area contributed by atoms with Crippen LogP contribution in [-0.4, -0.2) is 9.97 Å². The van der Waals surface area contributed by atoms with Crippen molar-refractivity contribution in [3.8, 4) is 0 Å². The van der Waals surface area contributed by atoms with Crippen LogP contribution in [0.2, 0.25) is 0 Å². The molecule has 0 saturated heterocycles. The molecule has 0 aliphatic rings. The average molecular weight is 208 g/mol. The van der Waals surface area contributed by atoms with Crippen molar-refractivity contribution in [2.45, 2.75) is 39.2 Å². The highest BCUT2D eigenvalue weighted by atomic mass is 15.2. The Morgan fingerprint density at radius 1 is 1.27 bits per heavy atom. The van der Waals surface area contributed by atoms with Crippen LogP contribution in [0.25, 0.3) is 0 Å². The van der Waals surface area contributed by atoms with E-state index >= 15 is 0 Å². The fraction of sp³-hybridized carbons (Fsp3) is 0.636. The minimum atomic E-state index is 0.0740. The predicted molar refractivity (Wildman–Crippen MR) is 60.8 cm³/mol. The molecule has 0 aromatic carbocycles. The Balaban J connectivity index is 2.43. The smallest absolute Gasteiger partial charge is 0.146 e. The van der Waals surface area contributed by atoms with E-state index in [1.165, 1.54) is 6.42 Å². The lowest BCUT2D eigenvalue weighted by Gasteiger charge is -2.14. The zero-order valence-corrected chi connectivity index (χ0v) is 9.48. The third-order valence-corrected chi connectivity index (χ3v) is 2.37. The van der Waals surface area contributed by atoms with Crippen LogP contribution in [0.4, 0.5) is 0 Å². The Bertz CT molecular complexity index is 261. The minimum Gasteiger partial charge on any atom is -0.271 e. The molecule has 1 rings (SSSR count). The number of hydrazine groups is 1. The van der Waals surface area contributed by atoms with Gasteiger partial charge >= 0.3 is 0 Å². The summed E-state index contributed by atoms with van der Waals surface area (Å²) in [5.41, 5.74) is 2.77. The molecule has 4 nitrogen and oxygen atoms in total. The summed E-state index contributed by atoms with van der Waals surface area (Å²) in [6.45, 7) is 4.45. The van der Waals surface area contributed by atoms with Gasteiger partial charge in [0.25, 0.3) is 0 Å². The lowest BCUT2D eigenvalue weighted by atomic mass is 10.0. The fourth-order valence-electron chi connectivity index (χ4n) is 1.51. The summed E-state index contributed by atoms with van der Waals surface area (Å²) in [5.74, 6) is 7.01. The Kier molecular flexibility index (Phi) is 5.21. The summed E-state index contributed by atoms with van der Waals surface area (Å²) in [5, 5.41) is 0. The molecule has 0 saturated carbocycles. The van der Waals surface area contributed by atoms with Gasteiger partial charge in [0.15, 0.2) is 0 Å². The zero-order chi connectivity index (χ0) is 11.1. The summed E-state index contributed by atoms with van der Waals surface area (Å²) < 4.78 is 0. The lowest BCUT2D eigenvalue weighted by molar-refractivity contribution is 0.440. The van der Waals surface area contributed by atoms with Gasteiger partial charge in [0.2, 0.25) is 0 Å². The normalized spacial score (nSPS) is 13.1. The monoisotopic (exact) mass is 208 g/mol. The van der Waals surface area contributed by atoms with Crippen molar-refractivity contribution in [3.05, 3.63) is 24.3 Å². The highest BCUT2D eigenvalue weighted by Gasteiger charge is 2.11. The van der Waals surface area contributed by atoms with Crippen LogP contribution in [0.3, 0.4) is 0 Å². The number of aromatic nitrogens is 2. The number of nitrogens with two attached hydrogens (primary N) is 1.